The van der Waals surface area contributed by atoms with Crippen molar-refractivity contribution in [2.75, 3.05) is 6.54 Å². The Morgan fingerprint density at radius 2 is 1.94 bits per heavy atom. The molecular formula is C13H18BrNO2. The Morgan fingerprint density at radius 1 is 1.35 bits per heavy atom. The fourth-order valence-corrected chi connectivity index (χ4v) is 1.94. The molecule has 0 spiro atoms. The van der Waals surface area contributed by atoms with Crippen LogP contribution in [0.25, 0.3) is 0 Å². The van der Waals surface area contributed by atoms with Crippen LogP contribution in [0.3, 0.4) is 0 Å². The van der Waals surface area contributed by atoms with E-state index in [2.05, 4.69) is 15.9 Å². The summed E-state index contributed by atoms with van der Waals surface area (Å²) < 4.78 is 1.01. The van der Waals surface area contributed by atoms with Gasteiger partial charge >= 0.3 is 5.97 Å². The van der Waals surface area contributed by atoms with Crippen LogP contribution in [0.5, 0.6) is 0 Å². The molecule has 1 aromatic carbocycles. The third-order valence-electron chi connectivity index (χ3n) is 2.59. The summed E-state index contributed by atoms with van der Waals surface area (Å²) in [5, 5.41) is 8.94. The maximum absolute atomic E-state index is 10.9. The van der Waals surface area contributed by atoms with Crippen LogP contribution in [0, 0.1) is 0 Å². The van der Waals surface area contributed by atoms with Crippen LogP contribution in [0.15, 0.2) is 28.7 Å². The maximum Gasteiger partial charge on any atom is 0.317 e. The van der Waals surface area contributed by atoms with E-state index in [4.69, 9.17) is 5.11 Å². The molecule has 0 fully saturated rings. The van der Waals surface area contributed by atoms with Gasteiger partial charge in [0.15, 0.2) is 0 Å². The van der Waals surface area contributed by atoms with Gasteiger partial charge in [-0.25, -0.2) is 0 Å². The topological polar surface area (TPSA) is 40.5 Å². The highest BCUT2D eigenvalue weighted by Crippen LogP contribution is 2.22. The molecule has 0 amide bonds. The Bertz CT molecular complexity index is 399. The van der Waals surface area contributed by atoms with Gasteiger partial charge in [0, 0.05) is 16.6 Å². The Labute approximate surface area is 111 Å². The summed E-state index contributed by atoms with van der Waals surface area (Å²) >= 11 is 3.48. The molecular weight excluding hydrogens is 282 g/mol. The van der Waals surface area contributed by atoms with Crippen LogP contribution in [-0.2, 0) is 11.3 Å². The van der Waals surface area contributed by atoms with Crippen molar-refractivity contribution in [3.8, 4) is 0 Å². The second-order valence-corrected chi connectivity index (χ2v) is 5.87. The Kier molecular flexibility index (Phi) is 4.71. The van der Waals surface area contributed by atoms with Crippen molar-refractivity contribution in [1.82, 2.24) is 4.90 Å². The molecule has 0 aliphatic heterocycles. The monoisotopic (exact) mass is 299 g/mol. The van der Waals surface area contributed by atoms with Crippen LogP contribution in [0.4, 0.5) is 0 Å². The summed E-state index contributed by atoms with van der Waals surface area (Å²) in [5.74, 6) is -0.799. The molecule has 0 aliphatic carbocycles. The highest BCUT2D eigenvalue weighted by atomic mass is 79.9. The van der Waals surface area contributed by atoms with E-state index in [1.165, 1.54) is 0 Å². The molecule has 0 aromatic heterocycles. The normalized spacial score (nSPS) is 11.8. The fourth-order valence-electron chi connectivity index (χ4n) is 1.53. The summed E-state index contributed by atoms with van der Waals surface area (Å²) in [6, 6.07) is 7.88. The lowest BCUT2D eigenvalue weighted by molar-refractivity contribution is -0.139. The number of carbonyl (C=O) groups is 1. The Morgan fingerprint density at radius 3 is 2.41 bits per heavy atom. The molecule has 4 heteroatoms. The maximum atomic E-state index is 10.9. The van der Waals surface area contributed by atoms with E-state index in [-0.39, 0.29) is 12.1 Å². The summed E-state index contributed by atoms with van der Waals surface area (Å²) in [6.07, 6.45) is 0. The number of nitrogens with zero attached hydrogens (tertiary/aromatic N) is 1. The molecule has 0 radical (unpaired) electrons. The van der Waals surface area contributed by atoms with Crippen LogP contribution >= 0.6 is 15.9 Å². The minimum Gasteiger partial charge on any atom is -0.480 e. The van der Waals surface area contributed by atoms with Crippen LogP contribution < -0.4 is 0 Å². The number of carboxylic acids is 1. The van der Waals surface area contributed by atoms with Gasteiger partial charge in [0.05, 0.1) is 6.54 Å². The lowest BCUT2D eigenvalue weighted by Crippen LogP contribution is -2.43. The number of halogens is 1. The van der Waals surface area contributed by atoms with E-state index >= 15 is 0 Å². The van der Waals surface area contributed by atoms with E-state index in [1.807, 2.05) is 49.9 Å². The second kappa shape index (κ2) is 5.65. The second-order valence-electron chi connectivity index (χ2n) is 5.01. The largest absolute Gasteiger partial charge is 0.480 e. The van der Waals surface area contributed by atoms with Gasteiger partial charge in [-0.2, -0.15) is 0 Å². The van der Waals surface area contributed by atoms with E-state index < -0.39 is 5.97 Å². The quantitative estimate of drug-likeness (QED) is 0.928. The minimum atomic E-state index is -0.799. The first kappa shape index (κ1) is 14.2. The van der Waals surface area contributed by atoms with Crippen LogP contribution in [0.2, 0.25) is 0 Å². The van der Waals surface area contributed by atoms with Crippen molar-refractivity contribution in [2.45, 2.75) is 32.9 Å². The number of aliphatic carboxylic acids is 1. The van der Waals surface area contributed by atoms with Crippen molar-refractivity contribution in [1.29, 1.82) is 0 Å². The molecule has 0 heterocycles. The third-order valence-corrected chi connectivity index (χ3v) is 3.37. The van der Waals surface area contributed by atoms with Crippen molar-refractivity contribution < 1.29 is 9.90 Å². The lowest BCUT2D eigenvalue weighted by atomic mass is 10.0. The van der Waals surface area contributed by atoms with E-state index in [1.54, 1.807) is 0 Å². The average Bonchev–Trinajstić information content (AvgIpc) is 2.18. The van der Waals surface area contributed by atoms with Gasteiger partial charge in [0.2, 0.25) is 0 Å². The van der Waals surface area contributed by atoms with Gasteiger partial charge in [-0.3, -0.25) is 9.69 Å². The predicted octanol–water partition coefficient (Wildman–Crippen LogP) is 3.13. The zero-order chi connectivity index (χ0) is 13.1. The molecule has 0 saturated carbocycles. The first-order valence-corrected chi connectivity index (χ1v) is 6.30. The van der Waals surface area contributed by atoms with Crippen molar-refractivity contribution in [3.05, 3.63) is 34.3 Å². The van der Waals surface area contributed by atoms with Gasteiger partial charge in [-0.1, -0.05) is 34.1 Å². The first-order chi connectivity index (χ1) is 7.80. The number of hydrogen-bond donors (Lipinski definition) is 1. The zero-order valence-electron chi connectivity index (χ0n) is 10.4. The molecule has 0 unspecified atom stereocenters. The Hall–Kier alpha value is -0.870. The zero-order valence-corrected chi connectivity index (χ0v) is 12.0. The molecule has 0 aliphatic rings. The lowest BCUT2D eigenvalue weighted by Gasteiger charge is -2.34. The smallest absolute Gasteiger partial charge is 0.317 e. The molecule has 1 aromatic rings. The summed E-state index contributed by atoms with van der Waals surface area (Å²) in [7, 11) is 0. The van der Waals surface area contributed by atoms with Crippen LogP contribution in [0.1, 0.15) is 26.3 Å². The molecule has 17 heavy (non-hydrogen) atoms. The van der Waals surface area contributed by atoms with Gasteiger partial charge in [0.25, 0.3) is 0 Å². The first-order valence-electron chi connectivity index (χ1n) is 5.51. The fraction of sp³-hybridized carbons (Fsp3) is 0.462. The standard InChI is InChI=1S/C13H18BrNO2/c1-13(2,3)15(9-12(16)17)8-10-6-4-5-7-11(10)14/h4-7H,8-9H2,1-3H3,(H,16,17). The summed E-state index contributed by atoms with van der Waals surface area (Å²) in [5.41, 5.74) is 0.928. The number of benzene rings is 1. The highest BCUT2D eigenvalue weighted by Gasteiger charge is 2.24. The number of hydrogen-bond acceptors (Lipinski definition) is 2. The molecule has 1 N–H and O–H groups in total. The van der Waals surface area contributed by atoms with Crippen molar-refractivity contribution in [3.63, 3.8) is 0 Å². The molecule has 0 atom stereocenters. The van der Waals surface area contributed by atoms with E-state index in [9.17, 15) is 4.79 Å². The average molecular weight is 300 g/mol. The molecule has 0 saturated heterocycles. The number of carboxylic acid groups (broad SMARTS) is 1. The van der Waals surface area contributed by atoms with E-state index in [0.717, 1.165) is 10.0 Å². The Balaban J connectivity index is 2.87. The molecule has 94 valence electrons. The van der Waals surface area contributed by atoms with Gasteiger partial charge in [-0.15, -0.1) is 0 Å². The molecule has 1 rings (SSSR count). The van der Waals surface area contributed by atoms with Crippen LogP contribution in [-0.4, -0.2) is 28.1 Å². The summed E-state index contributed by atoms with van der Waals surface area (Å²) in [6.45, 7) is 6.73. The highest BCUT2D eigenvalue weighted by molar-refractivity contribution is 9.10. The van der Waals surface area contributed by atoms with Gasteiger partial charge in [0.1, 0.15) is 0 Å². The van der Waals surface area contributed by atoms with E-state index in [0.29, 0.717) is 6.54 Å². The number of rotatable bonds is 4. The van der Waals surface area contributed by atoms with Gasteiger partial charge in [-0.05, 0) is 32.4 Å². The predicted molar refractivity (Wildman–Crippen MR) is 71.9 cm³/mol. The minimum absolute atomic E-state index is 0.0465. The SMILES string of the molecule is CC(C)(C)N(CC(=O)O)Cc1ccccc1Br. The van der Waals surface area contributed by atoms with Gasteiger partial charge < -0.3 is 5.11 Å². The third kappa shape index (κ3) is 4.48. The molecule has 3 nitrogen and oxygen atoms in total. The van der Waals surface area contributed by atoms with Crippen molar-refractivity contribution in [2.24, 2.45) is 0 Å². The summed E-state index contributed by atoms with van der Waals surface area (Å²) in [4.78, 5) is 12.8. The molecule has 0 bridgehead atoms. The van der Waals surface area contributed by atoms with Crippen molar-refractivity contribution >= 4 is 21.9 Å².